The fourth-order valence-corrected chi connectivity index (χ4v) is 2.49. The van der Waals surface area contributed by atoms with E-state index in [2.05, 4.69) is 5.32 Å². The van der Waals surface area contributed by atoms with Crippen LogP contribution in [0.3, 0.4) is 0 Å². The summed E-state index contributed by atoms with van der Waals surface area (Å²) in [7, 11) is 0. The molecule has 1 aromatic rings. The summed E-state index contributed by atoms with van der Waals surface area (Å²) in [5, 5.41) is 13.1. The molecule has 1 fully saturated rings. The first-order chi connectivity index (χ1) is 8.27. The standard InChI is InChI=1S/C14H20FNO/c15-13-8-4-3-7-12(13)14(17)10-16-9-11-5-1-2-6-11/h3-4,7-8,11,14,16-17H,1-2,5-6,9-10H2. The van der Waals surface area contributed by atoms with Crippen molar-refractivity contribution in [2.45, 2.75) is 31.8 Å². The molecule has 1 aliphatic carbocycles. The lowest BCUT2D eigenvalue weighted by Crippen LogP contribution is -2.26. The van der Waals surface area contributed by atoms with E-state index in [0.717, 1.165) is 12.5 Å². The Morgan fingerprint density at radius 2 is 2.00 bits per heavy atom. The minimum atomic E-state index is -0.752. The van der Waals surface area contributed by atoms with Crippen LogP contribution >= 0.6 is 0 Å². The summed E-state index contributed by atoms with van der Waals surface area (Å²) in [5.74, 6) is 0.408. The first-order valence-electron chi connectivity index (χ1n) is 6.40. The number of rotatable bonds is 5. The predicted octanol–water partition coefficient (Wildman–Crippen LogP) is 2.64. The van der Waals surface area contributed by atoms with Crippen LogP contribution in [-0.2, 0) is 0 Å². The van der Waals surface area contributed by atoms with Gasteiger partial charge in [0, 0.05) is 12.1 Å². The average Bonchev–Trinajstić information content (AvgIpc) is 2.82. The Balaban J connectivity index is 1.77. The molecule has 0 aliphatic heterocycles. The zero-order valence-corrected chi connectivity index (χ0v) is 10.0. The fourth-order valence-electron chi connectivity index (χ4n) is 2.49. The SMILES string of the molecule is OC(CNCC1CCCC1)c1ccccc1F. The molecule has 0 amide bonds. The minimum Gasteiger partial charge on any atom is -0.387 e. The Kier molecular flexibility index (Phi) is 4.51. The number of aliphatic hydroxyl groups is 1. The van der Waals surface area contributed by atoms with Gasteiger partial charge >= 0.3 is 0 Å². The van der Waals surface area contributed by atoms with Gasteiger partial charge in [0.25, 0.3) is 0 Å². The highest BCUT2D eigenvalue weighted by atomic mass is 19.1. The largest absolute Gasteiger partial charge is 0.387 e. The lowest BCUT2D eigenvalue weighted by atomic mass is 10.1. The van der Waals surface area contributed by atoms with E-state index in [0.29, 0.717) is 12.1 Å². The molecular weight excluding hydrogens is 217 g/mol. The third kappa shape index (κ3) is 3.51. The maximum Gasteiger partial charge on any atom is 0.129 e. The first kappa shape index (κ1) is 12.5. The van der Waals surface area contributed by atoms with Crippen molar-refractivity contribution in [1.29, 1.82) is 0 Å². The maximum absolute atomic E-state index is 13.4. The molecule has 0 heterocycles. The molecule has 3 heteroatoms. The molecule has 1 atom stereocenters. The van der Waals surface area contributed by atoms with Gasteiger partial charge in [-0.25, -0.2) is 4.39 Å². The van der Waals surface area contributed by atoms with Crippen molar-refractivity contribution >= 4 is 0 Å². The molecule has 1 saturated carbocycles. The van der Waals surface area contributed by atoms with E-state index in [1.807, 2.05) is 0 Å². The minimum absolute atomic E-state index is 0.331. The van der Waals surface area contributed by atoms with Gasteiger partial charge in [0.1, 0.15) is 5.82 Å². The molecule has 2 N–H and O–H groups in total. The van der Waals surface area contributed by atoms with Gasteiger partial charge in [-0.3, -0.25) is 0 Å². The summed E-state index contributed by atoms with van der Waals surface area (Å²) < 4.78 is 13.4. The zero-order valence-electron chi connectivity index (χ0n) is 10.0. The van der Waals surface area contributed by atoms with Gasteiger partial charge in [0.05, 0.1) is 6.10 Å². The second kappa shape index (κ2) is 6.12. The molecular formula is C14H20FNO. The second-order valence-corrected chi connectivity index (χ2v) is 4.85. The van der Waals surface area contributed by atoms with E-state index in [9.17, 15) is 9.50 Å². The molecule has 0 radical (unpaired) electrons. The van der Waals surface area contributed by atoms with Gasteiger partial charge < -0.3 is 10.4 Å². The molecule has 0 saturated heterocycles. The van der Waals surface area contributed by atoms with Gasteiger partial charge in [-0.2, -0.15) is 0 Å². The van der Waals surface area contributed by atoms with E-state index in [1.165, 1.54) is 31.7 Å². The van der Waals surface area contributed by atoms with E-state index in [4.69, 9.17) is 0 Å². The van der Waals surface area contributed by atoms with Crippen LogP contribution in [0.15, 0.2) is 24.3 Å². The van der Waals surface area contributed by atoms with E-state index in [1.54, 1.807) is 18.2 Å². The molecule has 2 nitrogen and oxygen atoms in total. The van der Waals surface area contributed by atoms with Crippen molar-refractivity contribution in [3.63, 3.8) is 0 Å². The van der Waals surface area contributed by atoms with Crippen molar-refractivity contribution in [3.05, 3.63) is 35.6 Å². The molecule has 0 bridgehead atoms. The number of nitrogens with one attached hydrogen (secondary N) is 1. The molecule has 0 aromatic heterocycles. The molecule has 17 heavy (non-hydrogen) atoms. The Bertz CT molecular complexity index is 350. The summed E-state index contributed by atoms with van der Waals surface area (Å²) in [6, 6.07) is 6.41. The van der Waals surface area contributed by atoms with Crippen molar-refractivity contribution in [3.8, 4) is 0 Å². The van der Waals surface area contributed by atoms with Crippen LogP contribution in [0.5, 0.6) is 0 Å². The van der Waals surface area contributed by atoms with E-state index < -0.39 is 6.10 Å². The highest BCUT2D eigenvalue weighted by Crippen LogP contribution is 2.24. The third-order valence-corrected chi connectivity index (χ3v) is 3.51. The highest BCUT2D eigenvalue weighted by Gasteiger charge is 2.16. The number of aliphatic hydroxyl groups excluding tert-OH is 1. The average molecular weight is 237 g/mol. The van der Waals surface area contributed by atoms with Crippen molar-refractivity contribution in [2.75, 3.05) is 13.1 Å². The van der Waals surface area contributed by atoms with Crippen LogP contribution in [0.4, 0.5) is 4.39 Å². The fraction of sp³-hybridized carbons (Fsp3) is 0.571. The predicted molar refractivity (Wildman–Crippen MR) is 66.2 cm³/mol. The topological polar surface area (TPSA) is 32.3 Å². The molecule has 1 unspecified atom stereocenters. The summed E-state index contributed by atoms with van der Waals surface area (Å²) in [6.45, 7) is 1.36. The van der Waals surface area contributed by atoms with Crippen molar-refractivity contribution < 1.29 is 9.50 Å². The number of hydrogen-bond acceptors (Lipinski definition) is 2. The third-order valence-electron chi connectivity index (χ3n) is 3.51. The van der Waals surface area contributed by atoms with Crippen molar-refractivity contribution in [1.82, 2.24) is 5.32 Å². The summed E-state index contributed by atoms with van der Waals surface area (Å²) in [4.78, 5) is 0. The maximum atomic E-state index is 13.4. The zero-order chi connectivity index (χ0) is 12.1. The molecule has 1 aliphatic rings. The van der Waals surface area contributed by atoms with Crippen LogP contribution in [0.1, 0.15) is 37.4 Å². The van der Waals surface area contributed by atoms with Gasteiger partial charge in [0.2, 0.25) is 0 Å². The van der Waals surface area contributed by atoms with Gasteiger partial charge in [-0.1, -0.05) is 31.0 Å². The number of hydrogen-bond donors (Lipinski definition) is 2. The Morgan fingerprint density at radius 1 is 1.29 bits per heavy atom. The normalized spacial score (nSPS) is 18.5. The van der Waals surface area contributed by atoms with Crippen LogP contribution in [0.2, 0.25) is 0 Å². The van der Waals surface area contributed by atoms with Gasteiger partial charge in [0.15, 0.2) is 0 Å². The van der Waals surface area contributed by atoms with E-state index >= 15 is 0 Å². The lowest BCUT2D eigenvalue weighted by molar-refractivity contribution is 0.168. The summed E-state index contributed by atoms with van der Waals surface area (Å²) in [6.07, 6.45) is 4.45. The van der Waals surface area contributed by atoms with Crippen LogP contribution in [-0.4, -0.2) is 18.2 Å². The smallest absolute Gasteiger partial charge is 0.129 e. The number of benzene rings is 1. The molecule has 1 aromatic carbocycles. The quantitative estimate of drug-likeness (QED) is 0.825. The van der Waals surface area contributed by atoms with Crippen LogP contribution < -0.4 is 5.32 Å². The van der Waals surface area contributed by atoms with Crippen molar-refractivity contribution in [2.24, 2.45) is 5.92 Å². The summed E-state index contributed by atoms with van der Waals surface area (Å²) in [5.41, 5.74) is 0.381. The van der Waals surface area contributed by atoms with Crippen LogP contribution in [0.25, 0.3) is 0 Å². The lowest BCUT2D eigenvalue weighted by Gasteiger charge is -2.15. The Labute approximate surface area is 102 Å². The van der Waals surface area contributed by atoms with Crippen LogP contribution in [0, 0.1) is 11.7 Å². The molecule has 0 spiro atoms. The Morgan fingerprint density at radius 3 is 2.71 bits per heavy atom. The van der Waals surface area contributed by atoms with Gasteiger partial charge in [-0.05, 0) is 31.4 Å². The highest BCUT2D eigenvalue weighted by molar-refractivity contribution is 5.19. The second-order valence-electron chi connectivity index (χ2n) is 4.85. The molecule has 94 valence electrons. The Hall–Kier alpha value is -0.930. The number of halogens is 1. The summed E-state index contributed by atoms with van der Waals surface area (Å²) >= 11 is 0. The first-order valence-corrected chi connectivity index (χ1v) is 6.40. The van der Waals surface area contributed by atoms with E-state index in [-0.39, 0.29) is 5.82 Å². The monoisotopic (exact) mass is 237 g/mol. The molecule has 2 rings (SSSR count). The van der Waals surface area contributed by atoms with Gasteiger partial charge in [-0.15, -0.1) is 0 Å².